The van der Waals surface area contributed by atoms with Crippen LogP contribution in [0.3, 0.4) is 0 Å². The van der Waals surface area contributed by atoms with Gasteiger partial charge in [0.15, 0.2) is 0 Å². The summed E-state index contributed by atoms with van der Waals surface area (Å²) in [6.45, 7) is 2.58. The van der Waals surface area contributed by atoms with Crippen molar-refractivity contribution >= 4 is 16.0 Å². The molecule has 0 saturated carbocycles. The average Bonchev–Trinajstić information content (AvgIpc) is 2.90. The smallest absolute Gasteiger partial charge is 0.322 e. The van der Waals surface area contributed by atoms with Gasteiger partial charge in [-0.05, 0) is 44.0 Å². The van der Waals surface area contributed by atoms with Crippen molar-refractivity contribution in [2.75, 3.05) is 13.2 Å². The molecule has 20 heavy (non-hydrogen) atoms. The molecule has 0 amide bonds. The third-order valence-electron chi connectivity index (χ3n) is 3.23. The fourth-order valence-corrected chi connectivity index (χ4v) is 3.94. The van der Waals surface area contributed by atoms with E-state index in [-0.39, 0.29) is 11.4 Å². The lowest BCUT2D eigenvalue weighted by Gasteiger charge is -2.21. The summed E-state index contributed by atoms with van der Waals surface area (Å²) < 4.78 is 31.2. The van der Waals surface area contributed by atoms with Gasteiger partial charge < -0.3 is 9.84 Å². The molecule has 2 rings (SSSR count). The predicted molar refractivity (Wildman–Crippen MR) is 72.2 cm³/mol. The minimum Gasteiger partial charge on any atom is -0.494 e. The predicted octanol–water partition coefficient (Wildman–Crippen LogP) is 1.32. The van der Waals surface area contributed by atoms with Gasteiger partial charge in [-0.3, -0.25) is 4.79 Å². The van der Waals surface area contributed by atoms with Crippen molar-refractivity contribution in [3.8, 4) is 5.75 Å². The zero-order chi connectivity index (χ0) is 14.8. The first-order valence-corrected chi connectivity index (χ1v) is 7.88. The number of nitrogens with zero attached hydrogens (tertiary/aromatic N) is 1. The van der Waals surface area contributed by atoms with Gasteiger partial charge in [0, 0.05) is 6.54 Å². The van der Waals surface area contributed by atoms with Gasteiger partial charge in [0.05, 0.1) is 11.5 Å². The molecule has 1 aromatic carbocycles. The van der Waals surface area contributed by atoms with E-state index in [1.807, 2.05) is 6.92 Å². The zero-order valence-corrected chi connectivity index (χ0v) is 12.0. The van der Waals surface area contributed by atoms with E-state index in [0.717, 1.165) is 4.31 Å². The van der Waals surface area contributed by atoms with Crippen molar-refractivity contribution in [1.82, 2.24) is 4.31 Å². The molecule has 0 bridgehead atoms. The minimum atomic E-state index is -3.77. The Bertz CT molecular complexity index is 581. The Labute approximate surface area is 118 Å². The van der Waals surface area contributed by atoms with Crippen LogP contribution in [0.1, 0.15) is 19.8 Å². The number of benzene rings is 1. The molecule has 1 saturated heterocycles. The van der Waals surface area contributed by atoms with E-state index in [1.54, 1.807) is 12.1 Å². The van der Waals surface area contributed by atoms with Crippen molar-refractivity contribution in [2.45, 2.75) is 30.7 Å². The highest BCUT2D eigenvalue weighted by Crippen LogP contribution is 2.27. The lowest BCUT2D eigenvalue weighted by molar-refractivity contribution is -0.140. The molecule has 0 aromatic heterocycles. The van der Waals surface area contributed by atoms with Crippen LogP contribution < -0.4 is 4.74 Å². The van der Waals surface area contributed by atoms with E-state index in [0.29, 0.717) is 25.2 Å². The largest absolute Gasteiger partial charge is 0.494 e. The van der Waals surface area contributed by atoms with Gasteiger partial charge in [-0.2, -0.15) is 4.31 Å². The first-order valence-electron chi connectivity index (χ1n) is 6.44. The van der Waals surface area contributed by atoms with Crippen LogP contribution in [0.15, 0.2) is 29.2 Å². The molecule has 1 aromatic rings. The molecule has 6 nitrogen and oxygen atoms in total. The van der Waals surface area contributed by atoms with E-state index in [9.17, 15) is 13.2 Å². The lowest BCUT2D eigenvalue weighted by atomic mass is 10.2. The fraction of sp³-hybridized carbons (Fsp3) is 0.462. The van der Waals surface area contributed by atoms with E-state index < -0.39 is 22.0 Å². The first-order chi connectivity index (χ1) is 9.46. The third kappa shape index (κ3) is 2.78. The minimum absolute atomic E-state index is 0.0918. The zero-order valence-electron chi connectivity index (χ0n) is 11.2. The van der Waals surface area contributed by atoms with Gasteiger partial charge in [-0.15, -0.1) is 0 Å². The van der Waals surface area contributed by atoms with Crippen LogP contribution in [0.2, 0.25) is 0 Å². The molecule has 1 N–H and O–H groups in total. The quantitative estimate of drug-likeness (QED) is 0.886. The first kappa shape index (κ1) is 14.8. The summed E-state index contributed by atoms with van der Waals surface area (Å²) in [6.07, 6.45) is 0.915. The molecule has 7 heteroatoms. The summed E-state index contributed by atoms with van der Waals surface area (Å²) in [6, 6.07) is 5.06. The maximum absolute atomic E-state index is 12.4. The lowest BCUT2D eigenvalue weighted by Crippen LogP contribution is -2.40. The Morgan fingerprint density at radius 1 is 1.40 bits per heavy atom. The standard InChI is InChI=1S/C13H17NO5S/c1-2-19-10-5-7-11(8-6-10)20(17,18)14-9-3-4-12(14)13(15)16/h5-8,12H,2-4,9H2,1H3,(H,15,16)/t12-/m1/s1. The van der Waals surface area contributed by atoms with Crippen molar-refractivity contribution in [3.05, 3.63) is 24.3 Å². The summed E-state index contributed by atoms with van der Waals surface area (Å²) in [7, 11) is -3.77. The van der Waals surface area contributed by atoms with Gasteiger partial charge in [0.2, 0.25) is 10.0 Å². The molecule has 1 aliphatic heterocycles. The summed E-state index contributed by atoms with van der Waals surface area (Å²) in [4.78, 5) is 11.2. The Morgan fingerprint density at radius 3 is 2.60 bits per heavy atom. The number of hydrogen-bond donors (Lipinski definition) is 1. The number of ether oxygens (including phenoxy) is 1. The Morgan fingerprint density at radius 2 is 2.05 bits per heavy atom. The van der Waals surface area contributed by atoms with Crippen molar-refractivity contribution in [3.63, 3.8) is 0 Å². The van der Waals surface area contributed by atoms with E-state index in [2.05, 4.69) is 0 Å². The summed E-state index contributed by atoms with van der Waals surface area (Å²) in [5.41, 5.74) is 0. The van der Waals surface area contributed by atoms with Crippen LogP contribution in [-0.2, 0) is 14.8 Å². The Kier molecular flexibility index (Phi) is 4.29. The third-order valence-corrected chi connectivity index (χ3v) is 5.15. The van der Waals surface area contributed by atoms with Crippen LogP contribution in [-0.4, -0.2) is 43.0 Å². The van der Waals surface area contributed by atoms with Crippen LogP contribution in [0, 0.1) is 0 Å². The van der Waals surface area contributed by atoms with E-state index >= 15 is 0 Å². The molecular weight excluding hydrogens is 282 g/mol. The number of carbonyl (C=O) groups is 1. The van der Waals surface area contributed by atoms with Gasteiger partial charge in [0.25, 0.3) is 0 Å². The van der Waals surface area contributed by atoms with Crippen LogP contribution in [0.5, 0.6) is 5.75 Å². The summed E-state index contributed by atoms with van der Waals surface area (Å²) >= 11 is 0. The van der Waals surface area contributed by atoms with Gasteiger partial charge in [-0.1, -0.05) is 0 Å². The van der Waals surface area contributed by atoms with Crippen LogP contribution in [0.25, 0.3) is 0 Å². The fourth-order valence-electron chi connectivity index (χ4n) is 2.28. The average molecular weight is 299 g/mol. The highest BCUT2D eigenvalue weighted by atomic mass is 32.2. The molecule has 0 unspecified atom stereocenters. The number of sulfonamides is 1. The molecule has 1 fully saturated rings. The summed E-state index contributed by atoms with van der Waals surface area (Å²) in [5.74, 6) is -0.514. The van der Waals surface area contributed by atoms with E-state index in [4.69, 9.17) is 9.84 Å². The van der Waals surface area contributed by atoms with Gasteiger partial charge >= 0.3 is 5.97 Å². The highest BCUT2D eigenvalue weighted by molar-refractivity contribution is 7.89. The molecule has 1 atom stereocenters. The Hall–Kier alpha value is -1.60. The number of rotatable bonds is 5. The van der Waals surface area contributed by atoms with Crippen LogP contribution >= 0.6 is 0 Å². The SMILES string of the molecule is CCOc1ccc(S(=O)(=O)N2CCC[C@@H]2C(=O)O)cc1. The second-order valence-electron chi connectivity index (χ2n) is 4.52. The summed E-state index contributed by atoms with van der Waals surface area (Å²) in [5, 5.41) is 9.08. The topological polar surface area (TPSA) is 83.9 Å². The van der Waals surface area contributed by atoms with Crippen molar-refractivity contribution in [2.24, 2.45) is 0 Å². The monoisotopic (exact) mass is 299 g/mol. The molecule has 1 aliphatic rings. The highest BCUT2D eigenvalue weighted by Gasteiger charge is 2.39. The molecular formula is C13H17NO5S. The van der Waals surface area contributed by atoms with Gasteiger partial charge in [0.1, 0.15) is 11.8 Å². The van der Waals surface area contributed by atoms with Gasteiger partial charge in [-0.25, -0.2) is 8.42 Å². The number of carboxylic acids is 1. The number of aliphatic carboxylic acids is 1. The number of hydrogen-bond acceptors (Lipinski definition) is 4. The number of carboxylic acid groups (broad SMARTS) is 1. The van der Waals surface area contributed by atoms with Crippen molar-refractivity contribution in [1.29, 1.82) is 0 Å². The Balaban J connectivity index is 2.27. The second kappa shape index (κ2) is 5.80. The second-order valence-corrected chi connectivity index (χ2v) is 6.41. The molecule has 0 radical (unpaired) electrons. The van der Waals surface area contributed by atoms with Crippen molar-refractivity contribution < 1.29 is 23.1 Å². The molecule has 110 valence electrons. The molecule has 0 spiro atoms. The maximum Gasteiger partial charge on any atom is 0.322 e. The normalized spacial score (nSPS) is 19.9. The maximum atomic E-state index is 12.4. The molecule has 0 aliphatic carbocycles. The molecule has 1 heterocycles. The van der Waals surface area contributed by atoms with E-state index in [1.165, 1.54) is 12.1 Å². The van der Waals surface area contributed by atoms with Crippen LogP contribution in [0.4, 0.5) is 0 Å².